The zero-order chi connectivity index (χ0) is 28.0. The van der Waals surface area contributed by atoms with E-state index in [-0.39, 0.29) is 11.8 Å². The monoisotopic (exact) mass is 590 g/mol. The second-order valence-electron chi connectivity index (χ2n) is 10.7. The number of hydrogen-bond acceptors (Lipinski definition) is 5. The third-order valence-electron chi connectivity index (χ3n) is 7.92. The maximum absolute atomic E-state index is 13.6. The van der Waals surface area contributed by atoms with Gasteiger partial charge in [-0.1, -0.05) is 35.3 Å². The molecule has 0 radical (unpaired) electrons. The number of hydrogen-bond donors (Lipinski definition) is 0. The van der Waals surface area contributed by atoms with Crippen LogP contribution in [-0.4, -0.2) is 69.1 Å². The van der Waals surface area contributed by atoms with Gasteiger partial charge in [0, 0.05) is 31.2 Å². The molecular formula is C29H36Cl2N4O3S. The summed E-state index contributed by atoms with van der Waals surface area (Å²) < 4.78 is 25.3. The number of carbonyl (C=O) groups excluding carboxylic acids is 1. The SMILES string of the molecule is CS(=O)(=O)N1CCC(C(=O)N(CCCN2CCC(Cc3ccc(C#N)cc3)CC2)c2ccc(Cl)c(Cl)c2)CC1. The van der Waals surface area contributed by atoms with Crippen molar-refractivity contribution in [3.05, 3.63) is 63.6 Å². The van der Waals surface area contributed by atoms with Gasteiger partial charge in [-0.25, -0.2) is 12.7 Å². The van der Waals surface area contributed by atoms with Crippen molar-refractivity contribution >= 4 is 44.8 Å². The molecule has 10 heteroatoms. The molecule has 4 rings (SSSR count). The Balaban J connectivity index is 1.31. The standard InChI is InChI=1S/C29H36Cl2N4O3S/c1-39(37,38)34-17-11-25(12-18-34)29(36)35(26-7-8-27(30)28(31)20-26)14-2-13-33-15-9-23(10-16-33)19-22-3-5-24(21-32)6-4-22/h3-8,20,23,25H,2,9-19H2,1H3. The van der Waals surface area contributed by atoms with E-state index in [4.69, 9.17) is 28.5 Å². The quantitative estimate of drug-likeness (QED) is 0.400. The van der Waals surface area contributed by atoms with Gasteiger partial charge in [-0.2, -0.15) is 5.26 Å². The van der Waals surface area contributed by atoms with E-state index in [1.807, 2.05) is 18.2 Å². The minimum absolute atomic E-state index is 0.0164. The van der Waals surface area contributed by atoms with Crippen molar-refractivity contribution in [2.24, 2.45) is 11.8 Å². The van der Waals surface area contributed by atoms with Crippen LogP contribution in [0.4, 0.5) is 5.69 Å². The van der Waals surface area contributed by atoms with Crippen LogP contribution in [-0.2, 0) is 21.2 Å². The first-order valence-corrected chi connectivity index (χ1v) is 16.2. The maximum Gasteiger partial charge on any atom is 0.230 e. The largest absolute Gasteiger partial charge is 0.312 e. The number of nitriles is 1. The van der Waals surface area contributed by atoms with Crippen LogP contribution in [0, 0.1) is 23.2 Å². The number of rotatable bonds is 9. The molecule has 2 heterocycles. The molecule has 0 saturated carbocycles. The summed E-state index contributed by atoms with van der Waals surface area (Å²) in [5.74, 6) is 0.430. The number of likely N-dealkylation sites (tertiary alicyclic amines) is 1. The normalized spacial score (nSPS) is 18.1. The smallest absolute Gasteiger partial charge is 0.230 e. The van der Waals surface area contributed by atoms with Gasteiger partial charge in [0.25, 0.3) is 0 Å². The minimum Gasteiger partial charge on any atom is -0.312 e. The lowest BCUT2D eigenvalue weighted by Gasteiger charge is -2.35. The van der Waals surface area contributed by atoms with Gasteiger partial charge in [-0.15, -0.1) is 0 Å². The summed E-state index contributed by atoms with van der Waals surface area (Å²) in [6, 6.07) is 15.3. The highest BCUT2D eigenvalue weighted by Gasteiger charge is 2.32. The third kappa shape index (κ3) is 8.18. The van der Waals surface area contributed by atoms with Crippen LogP contribution in [0.3, 0.4) is 0 Å². The Morgan fingerprint density at radius 1 is 1.00 bits per heavy atom. The summed E-state index contributed by atoms with van der Waals surface area (Å²) in [7, 11) is -3.25. The average molecular weight is 592 g/mol. The number of piperidine rings is 2. The molecule has 7 nitrogen and oxygen atoms in total. The Morgan fingerprint density at radius 3 is 2.26 bits per heavy atom. The molecule has 2 saturated heterocycles. The van der Waals surface area contributed by atoms with Crippen LogP contribution in [0.5, 0.6) is 0 Å². The Kier molecular flexibility index (Phi) is 10.3. The van der Waals surface area contributed by atoms with Crippen molar-refractivity contribution in [1.29, 1.82) is 5.26 Å². The lowest BCUT2D eigenvalue weighted by molar-refractivity contribution is -0.123. The molecule has 2 aliphatic heterocycles. The maximum atomic E-state index is 13.6. The van der Waals surface area contributed by atoms with E-state index in [9.17, 15) is 13.2 Å². The van der Waals surface area contributed by atoms with E-state index in [1.165, 1.54) is 16.1 Å². The summed E-state index contributed by atoms with van der Waals surface area (Å²) in [5.41, 5.74) is 2.70. The lowest BCUT2D eigenvalue weighted by Crippen LogP contribution is -2.45. The molecule has 0 atom stereocenters. The van der Waals surface area contributed by atoms with Gasteiger partial charge in [0.2, 0.25) is 15.9 Å². The molecule has 0 N–H and O–H groups in total. The van der Waals surface area contributed by atoms with Crippen molar-refractivity contribution < 1.29 is 13.2 Å². The molecule has 0 bridgehead atoms. The molecule has 2 aromatic rings. The first kappa shape index (κ1) is 29.8. The van der Waals surface area contributed by atoms with Gasteiger partial charge in [0.05, 0.1) is 27.9 Å². The summed E-state index contributed by atoms with van der Waals surface area (Å²) in [6.45, 7) is 4.26. The summed E-state index contributed by atoms with van der Waals surface area (Å²) in [4.78, 5) is 17.9. The number of anilines is 1. The third-order valence-corrected chi connectivity index (χ3v) is 9.97. The molecule has 2 fully saturated rings. The van der Waals surface area contributed by atoms with E-state index < -0.39 is 10.0 Å². The predicted molar refractivity (Wildman–Crippen MR) is 157 cm³/mol. The van der Waals surface area contributed by atoms with Gasteiger partial charge in [0.1, 0.15) is 0 Å². The second kappa shape index (κ2) is 13.5. The van der Waals surface area contributed by atoms with Crippen LogP contribution >= 0.6 is 23.2 Å². The molecule has 0 aliphatic carbocycles. The van der Waals surface area contributed by atoms with Crippen molar-refractivity contribution in [3.63, 3.8) is 0 Å². The van der Waals surface area contributed by atoms with Crippen LogP contribution in [0.1, 0.15) is 43.2 Å². The van der Waals surface area contributed by atoms with E-state index >= 15 is 0 Å². The van der Waals surface area contributed by atoms with Crippen LogP contribution in [0.15, 0.2) is 42.5 Å². The highest BCUT2D eigenvalue weighted by atomic mass is 35.5. The van der Waals surface area contributed by atoms with Crippen molar-refractivity contribution in [2.75, 3.05) is 50.4 Å². The Morgan fingerprint density at radius 2 is 1.67 bits per heavy atom. The van der Waals surface area contributed by atoms with Gasteiger partial charge in [-0.05, 0) is 100.0 Å². The first-order chi connectivity index (χ1) is 18.6. The van der Waals surface area contributed by atoms with Crippen LogP contribution < -0.4 is 4.90 Å². The van der Waals surface area contributed by atoms with Crippen molar-refractivity contribution in [3.8, 4) is 6.07 Å². The summed E-state index contributed by atoms with van der Waals surface area (Å²) in [5, 5.41) is 9.84. The Hall–Kier alpha value is -2.15. The molecule has 0 spiro atoms. The predicted octanol–water partition coefficient (Wildman–Crippen LogP) is 5.21. The number of carbonyl (C=O) groups is 1. The highest BCUT2D eigenvalue weighted by Crippen LogP contribution is 2.30. The summed E-state index contributed by atoms with van der Waals surface area (Å²) in [6.07, 6.45) is 6.37. The Labute approximate surface area is 242 Å². The number of sulfonamides is 1. The van der Waals surface area contributed by atoms with Gasteiger partial charge in [0.15, 0.2) is 0 Å². The van der Waals surface area contributed by atoms with E-state index in [0.717, 1.165) is 51.0 Å². The number of halogens is 2. The molecule has 39 heavy (non-hydrogen) atoms. The highest BCUT2D eigenvalue weighted by molar-refractivity contribution is 7.88. The molecule has 2 aromatic carbocycles. The summed E-state index contributed by atoms with van der Waals surface area (Å²) >= 11 is 12.4. The van der Waals surface area contributed by atoms with Crippen molar-refractivity contribution in [2.45, 2.75) is 38.5 Å². The zero-order valence-corrected chi connectivity index (χ0v) is 24.7. The number of nitrogens with zero attached hydrogens (tertiary/aromatic N) is 4. The number of benzene rings is 2. The number of amides is 1. The van der Waals surface area contributed by atoms with Gasteiger partial charge >= 0.3 is 0 Å². The van der Waals surface area contributed by atoms with Crippen molar-refractivity contribution in [1.82, 2.24) is 9.21 Å². The molecule has 0 unspecified atom stereocenters. The molecule has 2 aliphatic rings. The molecule has 210 valence electrons. The minimum atomic E-state index is -3.25. The van der Waals surface area contributed by atoms with E-state index in [1.54, 1.807) is 17.0 Å². The second-order valence-corrected chi connectivity index (χ2v) is 13.5. The fourth-order valence-corrected chi connectivity index (χ4v) is 6.76. The fraction of sp³-hybridized carbons (Fsp3) is 0.517. The van der Waals surface area contributed by atoms with E-state index in [0.29, 0.717) is 54.0 Å². The topological polar surface area (TPSA) is 84.7 Å². The average Bonchev–Trinajstić information content (AvgIpc) is 2.93. The van der Waals surface area contributed by atoms with Gasteiger partial charge < -0.3 is 9.80 Å². The Bertz CT molecular complexity index is 1280. The fourth-order valence-electron chi connectivity index (χ4n) is 5.59. The van der Waals surface area contributed by atoms with Gasteiger partial charge in [-0.3, -0.25) is 4.79 Å². The first-order valence-electron chi connectivity index (χ1n) is 13.6. The lowest BCUT2D eigenvalue weighted by atomic mass is 9.90. The molecule has 1 amide bonds. The van der Waals surface area contributed by atoms with Crippen LogP contribution in [0.2, 0.25) is 10.0 Å². The molecular weight excluding hydrogens is 555 g/mol. The zero-order valence-electron chi connectivity index (χ0n) is 22.4. The van der Waals surface area contributed by atoms with Crippen LogP contribution in [0.25, 0.3) is 0 Å². The molecule has 0 aromatic heterocycles. The van der Waals surface area contributed by atoms with E-state index in [2.05, 4.69) is 23.1 Å².